The van der Waals surface area contributed by atoms with Crippen LogP contribution in [0.1, 0.15) is 38.2 Å². The lowest BCUT2D eigenvalue weighted by Gasteiger charge is -2.16. The van der Waals surface area contributed by atoms with Gasteiger partial charge in [-0.1, -0.05) is 25.0 Å². The third-order valence-corrected chi connectivity index (χ3v) is 4.56. The molecule has 1 aromatic rings. The van der Waals surface area contributed by atoms with Crippen molar-refractivity contribution in [3.8, 4) is 11.5 Å². The van der Waals surface area contributed by atoms with Gasteiger partial charge in [-0.25, -0.2) is 9.59 Å². The number of methoxy groups -OCH3 is 1. The average Bonchev–Trinajstić information content (AvgIpc) is 3.19. The van der Waals surface area contributed by atoms with Crippen molar-refractivity contribution in [2.24, 2.45) is 0 Å². The Morgan fingerprint density at radius 3 is 2.62 bits per heavy atom. The highest BCUT2D eigenvalue weighted by Gasteiger charge is 2.23. The van der Waals surface area contributed by atoms with Crippen LogP contribution in [-0.4, -0.2) is 43.8 Å². The minimum absolute atomic E-state index is 0.0851. The fraction of sp³-hybridized carbons (Fsp3) is 0.476. The lowest BCUT2D eigenvalue weighted by atomic mass is 10.1. The summed E-state index contributed by atoms with van der Waals surface area (Å²) < 4.78 is 15.7. The minimum Gasteiger partial charge on any atom is -0.493 e. The summed E-state index contributed by atoms with van der Waals surface area (Å²) in [6.07, 6.45) is 5.26. The fourth-order valence-corrected chi connectivity index (χ4v) is 3.05. The summed E-state index contributed by atoms with van der Waals surface area (Å²) in [5, 5.41) is 4.92. The van der Waals surface area contributed by atoms with Crippen molar-refractivity contribution in [3.63, 3.8) is 0 Å². The summed E-state index contributed by atoms with van der Waals surface area (Å²) in [6.45, 7) is 4.68. The van der Waals surface area contributed by atoms with Crippen LogP contribution in [0.4, 0.5) is 4.79 Å². The van der Waals surface area contributed by atoms with E-state index in [2.05, 4.69) is 17.2 Å². The highest BCUT2D eigenvalue weighted by atomic mass is 16.6. The van der Waals surface area contributed by atoms with E-state index in [1.807, 2.05) is 6.07 Å². The van der Waals surface area contributed by atoms with Gasteiger partial charge in [0.2, 0.25) is 0 Å². The van der Waals surface area contributed by atoms with Crippen LogP contribution in [0.25, 0.3) is 0 Å². The van der Waals surface area contributed by atoms with Gasteiger partial charge < -0.3 is 19.5 Å². The number of esters is 1. The molecular weight excluding hydrogens is 376 g/mol. The molecule has 0 unspecified atom stereocenters. The first-order chi connectivity index (χ1) is 13.9. The highest BCUT2D eigenvalue weighted by molar-refractivity contribution is 5.97. The van der Waals surface area contributed by atoms with Gasteiger partial charge in [0.15, 0.2) is 24.2 Å². The molecule has 0 heterocycles. The van der Waals surface area contributed by atoms with Crippen LogP contribution in [0.3, 0.4) is 0 Å². The second-order valence-electron chi connectivity index (χ2n) is 6.84. The van der Waals surface area contributed by atoms with E-state index >= 15 is 0 Å². The molecule has 0 radical (unpaired) electrons. The highest BCUT2D eigenvalue weighted by Crippen LogP contribution is 2.28. The van der Waals surface area contributed by atoms with Crippen molar-refractivity contribution in [1.82, 2.24) is 10.6 Å². The maximum absolute atomic E-state index is 12.0. The molecule has 29 heavy (non-hydrogen) atoms. The van der Waals surface area contributed by atoms with Crippen molar-refractivity contribution in [2.75, 3.05) is 13.7 Å². The largest absolute Gasteiger partial charge is 0.493 e. The zero-order chi connectivity index (χ0) is 21.2. The van der Waals surface area contributed by atoms with Gasteiger partial charge in [-0.05, 0) is 43.9 Å². The first-order valence-corrected chi connectivity index (χ1v) is 9.64. The van der Waals surface area contributed by atoms with Gasteiger partial charge in [-0.2, -0.15) is 0 Å². The molecule has 1 aliphatic rings. The smallest absolute Gasteiger partial charge is 0.344 e. The van der Waals surface area contributed by atoms with Crippen LogP contribution in [-0.2, 0) is 20.7 Å². The quantitative estimate of drug-likeness (QED) is 0.484. The first kappa shape index (κ1) is 22.3. The molecule has 1 aliphatic carbocycles. The second kappa shape index (κ2) is 11.1. The van der Waals surface area contributed by atoms with Crippen LogP contribution in [0.15, 0.2) is 30.9 Å². The molecule has 0 bridgehead atoms. The van der Waals surface area contributed by atoms with Crippen molar-refractivity contribution in [3.05, 3.63) is 36.4 Å². The number of amides is 3. The Hall–Kier alpha value is -3.03. The number of hydrogen-bond acceptors (Lipinski definition) is 6. The van der Waals surface area contributed by atoms with E-state index in [1.54, 1.807) is 18.2 Å². The van der Waals surface area contributed by atoms with Gasteiger partial charge in [-0.15, -0.1) is 6.58 Å². The molecule has 2 rings (SSSR count). The maximum atomic E-state index is 12.0. The Morgan fingerprint density at radius 1 is 1.24 bits per heavy atom. The molecule has 0 spiro atoms. The van der Waals surface area contributed by atoms with Crippen LogP contribution in [0, 0.1) is 0 Å². The molecule has 0 saturated heterocycles. The van der Waals surface area contributed by atoms with Crippen LogP contribution in [0.2, 0.25) is 0 Å². The molecule has 0 aromatic heterocycles. The maximum Gasteiger partial charge on any atom is 0.344 e. The van der Waals surface area contributed by atoms with E-state index in [4.69, 9.17) is 14.2 Å². The number of benzene rings is 1. The Bertz CT molecular complexity index is 743. The van der Waals surface area contributed by atoms with E-state index in [9.17, 15) is 14.4 Å². The molecule has 158 valence electrons. The van der Waals surface area contributed by atoms with Gasteiger partial charge in [0.1, 0.15) is 0 Å². The first-order valence-electron chi connectivity index (χ1n) is 9.64. The number of imide groups is 1. The summed E-state index contributed by atoms with van der Waals surface area (Å²) in [6, 6.07) is 4.83. The minimum atomic E-state index is -1.13. The number of allylic oxidation sites excluding steroid dienone is 1. The van der Waals surface area contributed by atoms with E-state index in [0.717, 1.165) is 31.2 Å². The van der Waals surface area contributed by atoms with Crippen molar-refractivity contribution in [1.29, 1.82) is 0 Å². The normalized spacial score (nSPS) is 14.6. The number of rotatable bonds is 9. The Morgan fingerprint density at radius 2 is 1.97 bits per heavy atom. The van der Waals surface area contributed by atoms with Crippen LogP contribution < -0.4 is 20.1 Å². The Kier molecular flexibility index (Phi) is 8.51. The van der Waals surface area contributed by atoms with Gasteiger partial charge >= 0.3 is 12.0 Å². The summed E-state index contributed by atoms with van der Waals surface area (Å²) in [4.78, 5) is 35.8. The third-order valence-electron chi connectivity index (χ3n) is 4.56. The number of hydrogen-bond donors (Lipinski definition) is 2. The topological polar surface area (TPSA) is 103 Å². The van der Waals surface area contributed by atoms with E-state index in [0.29, 0.717) is 17.9 Å². The fourth-order valence-electron chi connectivity index (χ4n) is 3.05. The standard InChI is InChI=1S/C21H28N2O6/c1-4-7-15-10-11-17(18(12-15)27-3)28-13-19(24)29-14(2)20(25)23-21(26)22-16-8-5-6-9-16/h4,10-12,14,16H,1,5-9,13H2,2-3H3,(H2,22,23,25,26)/t14-/m1/s1. The molecule has 2 N–H and O–H groups in total. The van der Waals surface area contributed by atoms with Gasteiger partial charge in [0.25, 0.3) is 5.91 Å². The van der Waals surface area contributed by atoms with Crippen LogP contribution >= 0.6 is 0 Å². The summed E-state index contributed by atoms with van der Waals surface area (Å²) in [5.74, 6) is -0.571. The summed E-state index contributed by atoms with van der Waals surface area (Å²) in [5.41, 5.74) is 0.993. The molecule has 1 aromatic carbocycles. The van der Waals surface area contributed by atoms with Crippen molar-refractivity contribution >= 4 is 17.9 Å². The SMILES string of the molecule is C=CCc1ccc(OCC(=O)O[C@H](C)C(=O)NC(=O)NC2CCCC2)c(OC)c1. The van der Waals surface area contributed by atoms with Crippen molar-refractivity contribution in [2.45, 2.75) is 51.2 Å². The summed E-state index contributed by atoms with van der Waals surface area (Å²) >= 11 is 0. The Balaban J connectivity index is 1.78. The predicted molar refractivity (Wildman–Crippen MR) is 107 cm³/mol. The van der Waals surface area contributed by atoms with E-state index < -0.39 is 30.6 Å². The number of ether oxygens (including phenoxy) is 3. The second-order valence-corrected chi connectivity index (χ2v) is 6.84. The number of carbonyl (C=O) groups is 3. The van der Waals surface area contributed by atoms with Gasteiger partial charge in [0.05, 0.1) is 7.11 Å². The molecule has 1 saturated carbocycles. The molecule has 1 atom stereocenters. The monoisotopic (exact) mass is 404 g/mol. The predicted octanol–water partition coefficient (Wildman–Crippen LogP) is 2.50. The molecule has 0 aliphatic heterocycles. The lowest BCUT2D eigenvalue weighted by molar-refractivity contribution is -0.156. The van der Waals surface area contributed by atoms with Crippen molar-refractivity contribution < 1.29 is 28.6 Å². The summed E-state index contributed by atoms with van der Waals surface area (Å²) in [7, 11) is 1.50. The molecule has 8 nitrogen and oxygen atoms in total. The number of carbonyl (C=O) groups excluding carboxylic acids is 3. The van der Waals surface area contributed by atoms with E-state index in [-0.39, 0.29) is 6.04 Å². The van der Waals surface area contributed by atoms with Gasteiger partial charge in [-0.3, -0.25) is 10.1 Å². The van der Waals surface area contributed by atoms with Gasteiger partial charge in [0, 0.05) is 6.04 Å². The zero-order valence-electron chi connectivity index (χ0n) is 16.9. The average molecular weight is 404 g/mol. The van der Waals surface area contributed by atoms with Crippen LogP contribution in [0.5, 0.6) is 11.5 Å². The Labute approximate surface area is 170 Å². The van der Waals surface area contributed by atoms with E-state index in [1.165, 1.54) is 14.0 Å². The molecule has 8 heteroatoms. The molecular formula is C21H28N2O6. The molecule has 3 amide bonds. The zero-order valence-corrected chi connectivity index (χ0v) is 16.9. The third kappa shape index (κ3) is 7.14. The number of nitrogens with one attached hydrogen (secondary N) is 2. The molecule has 1 fully saturated rings. The lowest BCUT2D eigenvalue weighted by Crippen LogP contribution is -2.47. The number of urea groups is 1.